The summed E-state index contributed by atoms with van der Waals surface area (Å²) < 4.78 is 5.41. The van der Waals surface area contributed by atoms with Crippen molar-refractivity contribution in [2.45, 2.75) is 38.5 Å². The first-order chi connectivity index (χ1) is 16.0. The van der Waals surface area contributed by atoms with E-state index in [2.05, 4.69) is 18.7 Å². The highest BCUT2D eigenvalue weighted by molar-refractivity contribution is 8.19. The molecule has 0 saturated carbocycles. The molecule has 33 heavy (non-hydrogen) atoms. The highest BCUT2D eigenvalue weighted by atomic mass is 32.2. The van der Waals surface area contributed by atoms with Crippen LogP contribution in [0.25, 0.3) is 0 Å². The topological polar surface area (TPSA) is 62.2 Å². The minimum absolute atomic E-state index is 0.00622. The third kappa shape index (κ3) is 4.68. The molecule has 1 amide bonds. The Labute approximate surface area is 203 Å². The molecule has 0 radical (unpaired) electrons. The van der Waals surface area contributed by atoms with E-state index in [1.807, 2.05) is 30.3 Å². The number of unbranched alkanes of at least 4 members (excludes halogenated alkanes) is 1. The van der Waals surface area contributed by atoms with Gasteiger partial charge in [0.15, 0.2) is 11.0 Å². The molecule has 0 bridgehead atoms. The summed E-state index contributed by atoms with van der Waals surface area (Å²) in [5.41, 5.74) is 2.43. The van der Waals surface area contributed by atoms with E-state index in [1.165, 1.54) is 11.8 Å². The second-order valence-corrected chi connectivity index (χ2v) is 9.73. The SMILES string of the molecule is CCCCN1C(=O)C(=C2Sc3ccc(OC)cc3N2CC)SC1=Nc1ccc(C(C)=O)cc1. The van der Waals surface area contributed by atoms with Crippen LogP contribution in [0.3, 0.4) is 0 Å². The number of Topliss-reactive ketones (excluding diaryl/α,β-unsaturated/α-hetero) is 1. The minimum Gasteiger partial charge on any atom is -0.497 e. The summed E-state index contributed by atoms with van der Waals surface area (Å²) in [4.78, 5) is 35.7. The van der Waals surface area contributed by atoms with Gasteiger partial charge in [0.2, 0.25) is 0 Å². The molecule has 0 aliphatic carbocycles. The quantitative estimate of drug-likeness (QED) is 0.354. The van der Waals surface area contributed by atoms with Crippen molar-refractivity contribution in [2.24, 2.45) is 4.99 Å². The first-order valence-electron chi connectivity index (χ1n) is 11.0. The largest absolute Gasteiger partial charge is 0.497 e. The van der Waals surface area contributed by atoms with Crippen molar-refractivity contribution >= 4 is 51.8 Å². The van der Waals surface area contributed by atoms with Gasteiger partial charge in [0.1, 0.15) is 15.7 Å². The third-order valence-corrected chi connectivity index (χ3v) is 7.90. The lowest BCUT2D eigenvalue weighted by Gasteiger charge is -2.19. The maximum atomic E-state index is 13.5. The zero-order valence-corrected chi connectivity index (χ0v) is 20.9. The van der Waals surface area contributed by atoms with E-state index in [0.29, 0.717) is 22.2 Å². The number of benzene rings is 2. The van der Waals surface area contributed by atoms with Gasteiger partial charge in [0.25, 0.3) is 5.91 Å². The molecule has 2 aliphatic heterocycles. The Kier molecular flexibility index (Phi) is 7.14. The van der Waals surface area contributed by atoms with Crippen LogP contribution in [0.15, 0.2) is 62.3 Å². The van der Waals surface area contributed by atoms with Gasteiger partial charge in [0, 0.05) is 29.6 Å². The lowest BCUT2D eigenvalue weighted by Crippen LogP contribution is -2.30. The zero-order chi connectivity index (χ0) is 23.5. The number of ether oxygens (including phenoxy) is 1. The first-order valence-corrected chi connectivity index (χ1v) is 12.7. The molecule has 2 aromatic carbocycles. The summed E-state index contributed by atoms with van der Waals surface area (Å²) in [5.74, 6) is 0.809. The fourth-order valence-electron chi connectivity index (χ4n) is 3.69. The normalized spacial score (nSPS) is 18.9. The number of amides is 1. The van der Waals surface area contributed by atoms with Crippen LogP contribution < -0.4 is 9.64 Å². The molecule has 2 aromatic rings. The average Bonchev–Trinajstić information content (AvgIpc) is 3.34. The summed E-state index contributed by atoms with van der Waals surface area (Å²) >= 11 is 3.04. The molecule has 1 fully saturated rings. The Bertz CT molecular complexity index is 1140. The monoisotopic (exact) mass is 481 g/mol. The van der Waals surface area contributed by atoms with Gasteiger partial charge in [-0.3, -0.25) is 14.5 Å². The Morgan fingerprint density at radius 3 is 2.45 bits per heavy atom. The molecule has 2 aliphatic rings. The van der Waals surface area contributed by atoms with Gasteiger partial charge in [-0.15, -0.1) is 0 Å². The predicted octanol–water partition coefficient (Wildman–Crippen LogP) is 6.06. The van der Waals surface area contributed by atoms with E-state index in [-0.39, 0.29) is 11.7 Å². The number of hydrogen-bond acceptors (Lipinski definition) is 7. The molecule has 2 heterocycles. The van der Waals surface area contributed by atoms with Crippen molar-refractivity contribution in [1.29, 1.82) is 0 Å². The Hall–Kier alpha value is -2.71. The standard InChI is InChI=1S/C25H27N3O3S2/c1-5-7-14-28-23(30)22(33-25(28)26-18-10-8-17(9-11-18)16(3)29)24-27(6-2)20-15-19(31-4)12-13-21(20)32-24/h8-13,15H,5-7,14H2,1-4H3. The maximum Gasteiger partial charge on any atom is 0.269 e. The van der Waals surface area contributed by atoms with Gasteiger partial charge < -0.3 is 9.64 Å². The summed E-state index contributed by atoms with van der Waals surface area (Å²) in [6.45, 7) is 7.11. The van der Waals surface area contributed by atoms with Gasteiger partial charge in [-0.2, -0.15) is 0 Å². The fourth-order valence-corrected chi connectivity index (χ4v) is 6.08. The summed E-state index contributed by atoms with van der Waals surface area (Å²) in [6.07, 6.45) is 1.89. The highest BCUT2D eigenvalue weighted by Crippen LogP contribution is 2.51. The molecule has 0 N–H and O–H groups in total. The number of amidine groups is 1. The van der Waals surface area contributed by atoms with Crippen molar-refractivity contribution in [3.63, 3.8) is 0 Å². The Morgan fingerprint density at radius 2 is 1.82 bits per heavy atom. The van der Waals surface area contributed by atoms with E-state index in [4.69, 9.17) is 9.73 Å². The second-order valence-electron chi connectivity index (χ2n) is 7.72. The second kappa shape index (κ2) is 10.1. The number of anilines is 1. The van der Waals surface area contributed by atoms with Crippen molar-refractivity contribution in [1.82, 2.24) is 4.90 Å². The number of methoxy groups -OCH3 is 1. The number of carbonyl (C=O) groups excluding carboxylic acids is 2. The van der Waals surface area contributed by atoms with Crippen LogP contribution in [0, 0.1) is 0 Å². The van der Waals surface area contributed by atoms with Crippen LogP contribution in [0.1, 0.15) is 44.0 Å². The molecule has 0 atom stereocenters. The van der Waals surface area contributed by atoms with Crippen LogP contribution >= 0.6 is 23.5 Å². The smallest absolute Gasteiger partial charge is 0.269 e. The molecular weight excluding hydrogens is 454 g/mol. The molecule has 172 valence electrons. The van der Waals surface area contributed by atoms with Crippen molar-refractivity contribution in [3.8, 4) is 5.75 Å². The van der Waals surface area contributed by atoms with E-state index in [0.717, 1.165) is 46.4 Å². The van der Waals surface area contributed by atoms with Crippen molar-refractivity contribution < 1.29 is 14.3 Å². The number of carbonyl (C=O) groups is 2. The van der Waals surface area contributed by atoms with E-state index in [1.54, 1.807) is 42.8 Å². The van der Waals surface area contributed by atoms with Gasteiger partial charge in [-0.1, -0.05) is 25.1 Å². The molecule has 1 saturated heterocycles. The summed E-state index contributed by atoms with van der Waals surface area (Å²) in [6, 6.07) is 13.2. The average molecular weight is 482 g/mol. The van der Waals surface area contributed by atoms with Crippen LogP contribution in [0.5, 0.6) is 5.75 Å². The predicted molar refractivity (Wildman–Crippen MR) is 137 cm³/mol. The number of fused-ring (bicyclic) bond motifs is 1. The van der Waals surface area contributed by atoms with Crippen molar-refractivity contribution in [2.75, 3.05) is 25.1 Å². The van der Waals surface area contributed by atoms with E-state index >= 15 is 0 Å². The molecule has 8 heteroatoms. The van der Waals surface area contributed by atoms with Gasteiger partial charge in [-0.25, -0.2) is 4.99 Å². The molecule has 0 unspecified atom stereocenters. The van der Waals surface area contributed by atoms with Crippen LogP contribution in [0.2, 0.25) is 0 Å². The molecule has 0 spiro atoms. The van der Waals surface area contributed by atoms with Gasteiger partial charge in [0.05, 0.1) is 18.5 Å². The van der Waals surface area contributed by atoms with E-state index < -0.39 is 0 Å². The third-order valence-electron chi connectivity index (χ3n) is 5.52. The van der Waals surface area contributed by atoms with Gasteiger partial charge in [-0.05, 0) is 68.4 Å². The maximum absolute atomic E-state index is 13.5. The first kappa shape index (κ1) is 23.4. The highest BCUT2D eigenvalue weighted by Gasteiger charge is 2.39. The number of hydrogen-bond donors (Lipinski definition) is 0. The number of thioether (sulfide) groups is 2. The van der Waals surface area contributed by atoms with Crippen LogP contribution in [0.4, 0.5) is 11.4 Å². The van der Waals surface area contributed by atoms with Gasteiger partial charge >= 0.3 is 0 Å². The molecule has 6 nitrogen and oxygen atoms in total. The lowest BCUT2D eigenvalue weighted by atomic mass is 10.1. The van der Waals surface area contributed by atoms with E-state index in [9.17, 15) is 9.59 Å². The number of nitrogens with zero attached hydrogens (tertiary/aromatic N) is 3. The Morgan fingerprint density at radius 1 is 1.06 bits per heavy atom. The molecule has 0 aromatic heterocycles. The minimum atomic E-state index is -0.00622. The fraction of sp³-hybridized carbons (Fsp3) is 0.320. The number of rotatable bonds is 7. The number of aliphatic imine (C=N–C) groups is 1. The van der Waals surface area contributed by atoms with Crippen molar-refractivity contribution in [3.05, 3.63) is 58.0 Å². The summed E-state index contributed by atoms with van der Waals surface area (Å²) in [5, 5.41) is 1.62. The summed E-state index contributed by atoms with van der Waals surface area (Å²) in [7, 11) is 1.66. The number of ketones is 1. The lowest BCUT2D eigenvalue weighted by molar-refractivity contribution is -0.122. The molecular formula is C25H27N3O3S2. The Balaban J connectivity index is 1.71. The van der Waals surface area contributed by atoms with Crippen LogP contribution in [-0.2, 0) is 4.79 Å². The molecule has 4 rings (SSSR count). The zero-order valence-electron chi connectivity index (χ0n) is 19.3. The van der Waals surface area contributed by atoms with Crippen LogP contribution in [-0.4, -0.2) is 42.0 Å².